The van der Waals surface area contributed by atoms with Gasteiger partial charge in [-0.1, -0.05) is 66.0 Å². The summed E-state index contributed by atoms with van der Waals surface area (Å²) in [4.78, 5) is 2.29. The van der Waals surface area contributed by atoms with Crippen LogP contribution in [0.25, 0.3) is 0 Å². The van der Waals surface area contributed by atoms with Crippen molar-refractivity contribution < 1.29 is 0 Å². The number of allylic oxidation sites excluding steroid dienone is 2. The van der Waals surface area contributed by atoms with Gasteiger partial charge in [0.15, 0.2) is 0 Å². The van der Waals surface area contributed by atoms with Crippen LogP contribution in [0.1, 0.15) is 0 Å². The third kappa shape index (κ3) is 2.10. The summed E-state index contributed by atoms with van der Waals surface area (Å²) < 4.78 is 0. The quantitative estimate of drug-likeness (QED) is 0.718. The third-order valence-electron chi connectivity index (χ3n) is 3.15. The van der Waals surface area contributed by atoms with Crippen molar-refractivity contribution >= 4 is 18.0 Å². The lowest BCUT2D eigenvalue weighted by Crippen LogP contribution is -2.45. The fourth-order valence-electron chi connectivity index (χ4n) is 2.27. The van der Waals surface area contributed by atoms with Crippen molar-refractivity contribution in [2.45, 2.75) is 0 Å². The Balaban J connectivity index is 1.98. The number of nitrogens with zero attached hydrogens (tertiary/aromatic N) is 1. The van der Waals surface area contributed by atoms with Crippen LogP contribution in [0.2, 0.25) is 0 Å². The Kier molecular flexibility index (Phi) is 3.01. The minimum absolute atomic E-state index is 0.276. The highest BCUT2D eigenvalue weighted by Gasteiger charge is 2.22. The molecule has 0 fully saturated rings. The number of anilines is 1. The molecule has 0 atom stereocenters. The molecule has 0 spiro atoms. The number of hydrogen-bond acceptors (Lipinski definition) is 1. The van der Waals surface area contributed by atoms with Gasteiger partial charge in [-0.15, -0.1) is 0 Å². The lowest BCUT2D eigenvalue weighted by Gasteiger charge is -2.28. The van der Waals surface area contributed by atoms with E-state index in [1.807, 2.05) is 6.07 Å². The van der Waals surface area contributed by atoms with Crippen LogP contribution >= 0.6 is 0 Å². The SMILES string of the molecule is C1=CB(c2ccccc2)N(c2ccccc2)C=C1. The van der Waals surface area contributed by atoms with Gasteiger partial charge in [0, 0.05) is 5.69 Å². The second-order valence-electron chi connectivity index (χ2n) is 4.32. The smallest absolute Gasteiger partial charge is 0.320 e. The van der Waals surface area contributed by atoms with Crippen molar-refractivity contribution in [1.82, 2.24) is 0 Å². The van der Waals surface area contributed by atoms with Gasteiger partial charge in [-0.25, -0.2) is 0 Å². The van der Waals surface area contributed by atoms with Crippen molar-refractivity contribution in [3.8, 4) is 0 Å². The molecule has 0 aliphatic carbocycles. The molecule has 1 nitrogen and oxygen atoms in total. The molecule has 0 radical (unpaired) electrons. The standard InChI is InChI=1S/C16H14BN/c1-3-9-15(10-4-1)17-13-7-8-14-18(17)16-11-5-2-6-12-16/h1-14H. The van der Waals surface area contributed by atoms with Crippen LogP contribution in [0.4, 0.5) is 5.69 Å². The molecule has 0 saturated heterocycles. The fraction of sp³-hybridized carbons (Fsp3) is 0. The summed E-state index contributed by atoms with van der Waals surface area (Å²) in [5.74, 6) is 2.22. The van der Waals surface area contributed by atoms with Gasteiger partial charge >= 0.3 is 6.85 Å². The lowest BCUT2D eigenvalue weighted by atomic mass is 9.53. The van der Waals surface area contributed by atoms with Crippen molar-refractivity contribution in [3.63, 3.8) is 0 Å². The van der Waals surface area contributed by atoms with Crippen LogP contribution in [0.3, 0.4) is 0 Å². The number of benzene rings is 2. The lowest BCUT2D eigenvalue weighted by molar-refractivity contribution is 1.38. The van der Waals surface area contributed by atoms with E-state index < -0.39 is 0 Å². The van der Waals surface area contributed by atoms with E-state index in [1.165, 1.54) is 11.2 Å². The Hall–Kier alpha value is -2.22. The summed E-state index contributed by atoms with van der Waals surface area (Å²) >= 11 is 0. The van der Waals surface area contributed by atoms with Crippen LogP contribution in [-0.2, 0) is 0 Å². The minimum Gasteiger partial charge on any atom is -0.383 e. The number of para-hydroxylation sites is 1. The third-order valence-corrected chi connectivity index (χ3v) is 3.15. The molecule has 1 aliphatic heterocycles. The molecule has 0 N–H and O–H groups in total. The Bertz CT molecular complexity index is 507. The largest absolute Gasteiger partial charge is 0.383 e. The van der Waals surface area contributed by atoms with E-state index in [0.717, 1.165) is 0 Å². The van der Waals surface area contributed by atoms with Crippen molar-refractivity contribution in [3.05, 3.63) is 85.0 Å². The van der Waals surface area contributed by atoms with E-state index in [0.29, 0.717) is 0 Å². The Morgan fingerprint density at radius 1 is 0.722 bits per heavy atom. The van der Waals surface area contributed by atoms with Crippen LogP contribution < -0.4 is 10.3 Å². The number of hydrogen-bond donors (Lipinski definition) is 0. The zero-order valence-electron chi connectivity index (χ0n) is 10.1. The van der Waals surface area contributed by atoms with Gasteiger partial charge in [0.2, 0.25) is 0 Å². The summed E-state index contributed by atoms with van der Waals surface area (Å²) in [5.41, 5.74) is 2.52. The van der Waals surface area contributed by atoms with Crippen LogP contribution in [0, 0.1) is 0 Å². The minimum atomic E-state index is 0.276. The molecular weight excluding hydrogens is 217 g/mol. The molecule has 0 bridgehead atoms. The van der Waals surface area contributed by atoms with Gasteiger partial charge < -0.3 is 4.81 Å². The molecule has 2 aromatic rings. The molecule has 0 aromatic heterocycles. The number of rotatable bonds is 2. The van der Waals surface area contributed by atoms with Gasteiger partial charge in [-0.3, -0.25) is 0 Å². The zero-order valence-corrected chi connectivity index (χ0v) is 10.1. The average molecular weight is 231 g/mol. The Morgan fingerprint density at radius 3 is 2.11 bits per heavy atom. The van der Waals surface area contributed by atoms with E-state index in [2.05, 4.69) is 83.7 Å². The monoisotopic (exact) mass is 231 g/mol. The summed E-state index contributed by atoms with van der Waals surface area (Å²) in [6, 6.07) is 21.0. The summed E-state index contributed by atoms with van der Waals surface area (Å²) in [7, 11) is 0. The predicted octanol–water partition coefficient (Wildman–Crippen LogP) is 3.01. The van der Waals surface area contributed by atoms with E-state index in [4.69, 9.17) is 0 Å². The Labute approximate surface area is 108 Å². The first-order valence-corrected chi connectivity index (χ1v) is 6.18. The van der Waals surface area contributed by atoms with Gasteiger partial charge in [-0.2, -0.15) is 0 Å². The molecule has 1 heterocycles. The predicted molar refractivity (Wildman–Crippen MR) is 79.0 cm³/mol. The summed E-state index contributed by atoms with van der Waals surface area (Å²) in [5, 5.41) is 0. The van der Waals surface area contributed by atoms with Crippen LogP contribution in [0.5, 0.6) is 0 Å². The van der Waals surface area contributed by atoms with E-state index in [-0.39, 0.29) is 6.85 Å². The molecule has 2 aromatic carbocycles. The molecular formula is C16H14BN. The zero-order chi connectivity index (χ0) is 12.2. The first-order valence-electron chi connectivity index (χ1n) is 6.18. The topological polar surface area (TPSA) is 3.24 Å². The highest BCUT2D eigenvalue weighted by atomic mass is 15.0. The highest BCUT2D eigenvalue weighted by molar-refractivity contribution is 6.81. The van der Waals surface area contributed by atoms with E-state index in [1.54, 1.807) is 0 Å². The van der Waals surface area contributed by atoms with Crippen LogP contribution in [-0.4, -0.2) is 6.85 Å². The average Bonchev–Trinajstić information content (AvgIpc) is 2.49. The molecule has 0 amide bonds. The van der Waals surface area contributed by atoms with E-state index in [9.17, 15) is 0 Å². The van der Waals surface area contributed by atoms with E-state index >= 15 is 0 Å². The second-order valence-corrected chi connectivity index (χ2v) is 4.32. The second kappa shape index (κ2) is 4.97. The summed E-state index contributed by atoms with van der Waals surface area (Å²) in [6.07, 6.45) is 6.32. The van der Waals surface area contributed by atoms with Crippen LogP contribution in [0.15, 0.2) is 85.0 Å². The van der Waals surface area contributed by atoms with Crippen molar-refractivity contribution in [2.75, 3.05) is 4.81 Å². The molecule has 18 heavy (non-hydrogen) atoms. The van der Waals surface area contributed by atoms with Gasteiger partial charge in [0.1, 0.15) is 0 Å². The van der Waals surface area contributed by atoms with Crippen molar-refractivity contribution in [1.29, 1.82) is 0 Å². The van der Waals surface area contributed by atoms with Gasteiger partial charge in [-0.05, 0) is 24.4 Å². The first-order chi connectivity index (χ1) is 8.95. The maximum absolute atomic E-state index is 2.29. The van der Waals surface area contributed by atoms with Gasteiger partial charge in [0.05, 0.1) is 0 Å². The van der Waals surface area contributed by atoms with Gasteiger partial charge in [0.25, 0.3) is 0 Å². The normalized spacial score (nSPS) is 14.0. The molecule has 0 saturated carbocycles. The maximum Gasteiger partial charge on any atom is 0.320 e. The molecule has 1 aliphatic rings. The highest BCUT2D eigenvalue weighted by Crippen LogP contribution is 2.18. The maximum atomic E-state index is 2.29. The molecule has 3 rings (SSSR count). The first kappa shape index (κ1) is 10.9. The summed E-state index contributed by atoms with van der Waals surface area (Å²) in [6.45, 7) is 0.276. The Morgan fingerprint density at radius 2 is 1.39 bits per heavy atom. The molecule has 0 unspecified atom stereocenters. The van der Waals surface area contributed by atoms with Crippen molar-refractivity contribution in [2.24, 2.45) is 0 Å². The fourth-order valence-corrected chi connectivity index (χ4v) is 2.27. The molecule has 86 valence electrons. The molecule has 2 heteroatoms.